The Kier molecular flexibility index (Phi) is 5.93. The summed E-state index contributed by atoms with van der Waals surface area (Å²) in [6.07, 6.45) is 3.11. The zero-order valence-corrected chi connectivity index (χ0v) is 16.6. The van der Waals surface area contributed by atoms with Crippen molar-refractivity contribution in [2.45, 2.75) is 52.1 Å². The number of carbonyl (C=O) groups is 3. The molecule has 1 saturated heterocycles. The van der Waals surface area contributed by atoms with Crippen molar-refractivity contribution in [3.8, 4) is 0 Å². The molecule has 0 aromatic heterocycles. The second-order valence-corrected chi connectivity index (χ2v) is 7.47. The summed E-state index contributed by atoms with van der Waals surface area (Å²) < 4.78 is 0. The van der Waals surface area contributed by atoms with E-state index >= 15 is 0 Å². The highest BCUT2D eigenvalue weighted by molar-refractivity contribution is 6.09. The molecule has 2 atom stereocenters. The van der Waals surface area contributed by atoms with Gasteiger partial charge in [0.1, 0.15) is 0 Å². The number of Topliss-reactive ketones (excluding diaryl/α,β-unsaturated/α-hetero) is 1. The van der Waals surface area contributed by atoms with Crippen molar-refractivity contribution in [2.75, 3.05) is 5.32 Å². The number of nitrogens with zero attached hydrogens (tertiary/aromatic N) is 1. The summed E-state index contributed by atoms with van der Waals surface area (Å²) in [5.41, 5.74) is 1.99. The van der Waals surface area contributed by atoms with Crippen molar-refractivity contribution < 1.29 is 14.4 Å². The number of rotatable bonds is 4. The number of hydrogen-bond donors (Lipinski definition) is 1. The van der Waals surface area contributed by atoms with Gasteiger partial charge in [-0.05, 0) is 64.3 Å². The van der Waals surface area contributed by atoms with Crippen LogP contribution in [0.2, 0.25) is 0 Å². The average molecular weight is 378 g/mol. The molecule has 1 aliphatic heterocycles. The maximum Gasteiger partial charge on any atom is 0.256 e. The molecule has 146 valence electrons. The van der Waals surface area contributed by atoms with Gasteiger partial charge in [-0.3, -0.25) is 14.4 Å². The second kappa shape index (κ2) is 8.38. The number of anilines is 1. The quantitative estimate of drug-likeness (QED) is 0.794. The van der Waals surface area contributed by atoms with E-state index in [1.165, 1.54) is 6.92 Å². The molecule has 1 N–H and O–H groups in total. The van der Waals surface area contributed by atoms with E-state index in [-0.39, 0.29) is 29.7 Å². The summed E-state index contributed by atoms with van der Waals surface area (Å²) in [6, 6.07) is 14.0. The first-order chi connectivity index (χ1) is 13.4. The molecule has 2 aromatic rings. The van der Waals surface area contributed by atoms with Crippen LogP contribution in [0.3, 0.4) is 0 Å². The van der Waals surface area contributed by atoms with E-state index in [4.69, 9.17) is 0 Å². The SMILES string of the molecule is CC(=O)c1ccc(C(=O)Nc2ccccc2C(=O)N2C(C)CCCC2C)cc1. The Morgan fingerprint density at radius 1 is 0.893 bits per heavy atom. The highest BCUT2D eigenvalue weighted by atomic mass is 16.2. The third kappa shape index (κ3) is 4.14. The Hall–Kier alpha value is -2.95. The van der Waals surface area contributed by atoms with Crippen LogP contribution in [0, 0.1) is 0 Å². The van der Waals surface area contributed by atoms with Crippen LogP contribution in [0.5, 0.6) is 0 Å². The van der Waals surface area contributed by atoms with Crippen LogP contribution in [-0.4, -0.2) is 34.6 Å². The Labute approximate surface area is 165 Å². The van der Waals surface area contributed by atoms with Crippen LogP contribution in [0.25, 0.3) is 0 Å². The van der Waals surface area contributed by atoms with Crippen LogP contribution >= 0.6 is 0 Å². The molecule has 2 amide bonds. The van der Waals surface area contributed by atoms with Crippen molar-refractivity contribution in [3.63, 3.8) is 0 Å². The molecule has 2 aromatic carbocycles. The predicted molar refractivity (Wildman–Crippen MR) is 110 cm³/mol. The number of carbonyl (C=O) groups excluding carboxylic acids is 3. The van der Waals surface area contributed by atoms with Crippen LogP contribution in [0.1, 0.15) is 71.1 Å². The first kappa shape index (κ1) is 19.8. The summed E-state index contributed by atoms with van der Waals surface area (Å²) in [6.45, 7) is 5.64. The number of likely N-dealkylation sites (tertiary alicyclic amines) is 1. The van der Waals surface area contributed by atoms with Gasteiger partial charge in [-0.25, -0.2) is 0 Å². The average Bonchev–Trinajstić information content (AvgIpc) is 2.68. The Bertz CT molecular complexity index is 879. The van der Waals surface area contributed by atoms with Crippen molar-refractivity contribution in [3.05, 3.63) is 65.2 Å². The maximum absolute atomic E-state index is 13.2. The number of amides is 2. The molecule has 28 heavy (non-hydrogen) atoms. The highest BCUT2D eigenvalue weighted by Crippen LogP contribution is 2.27. The van der Waals surface area contributed by atoms with Crippen molar-refractivity contribution in [1.82, 2.24) is 4.90 Å². The smallest absolute Gasteiger partial charge is 0.256 e. The molecule has 1 heterocycles. The number of piperidine rings is 1. The lowest BCUT2D eigenvalue weighted by Crippen LogP contribution is -2.47. The lowest BCUT2D eigenvalue weighted by Gasteiger charge is -2.39. The minimum Gasteiger partial charge on any atom is -0.333 e. The fourth-order valence-electron chi connectivity index (χ4n) is 3.79. The molecule has 5 nitrogen and oxygen atoms in total. The van der Waals surface area contributed by atoms with E-state index in [2.05, 4.69) is 19.2 Å². The van der Waals surface area contributed by atoms with Crippen molar-refractivity contribution in [1.29, 1.82) is 0 Å². The molecule has 0 spiro atoms. The molecule has 0 aliphatic carbocycles. The summed E-state index contributed by atoms with van der Waals surface area (Å²) in [5, 5.41) is 2.85. The van der Waals surface area contributed by atoms with Gasteiger partial charge in [-0.1, -0.05) is 24.3 Å². The first-order valence-corrected chi connectivity index (χ1v) is 9.72. The zero-order chi connectivity index (χ0) is 20.3. The summed E-state index contributed by atoms with van der Waals surface area (Å²) in [7, 11) is 0. The van der Waals surface area contributed by atoms with E-state index in [1.807, 2.05) is 11.0 Å². The fourth-order valence-corrected chi connectivity index (χ4v) is 3.79. The molecular weight excluding hydrogens is 352 g/mol. The van der Waals surface area contributed by atoms with Crippen molar-refractivity contribution >= 4 is 23.3 Å². The van der Waals surface area contributed by atoms with Gasteiger partial charge < -0.3 is 10.2 Å². The van der Waals surface area contributed by atoms with Gasteiger partial charge in [0.25, 0.3) is 11.8 Å². The van der Waals surface area contributed by atoms with Crippen LogP contribution < -0.4 is 5.32 Å². The van der Waals surface area contributed by atoms with E-state index in [0.717, 1.165) is 19.3 Å². The van der Waals surface area contributed by atoms with Gasteiger partial charge in [0, 0.05) is 23.2 Å². The normalized spacial score (nSPS) is 19.2. The van der Waals surface area contributed by atoms with Gasteiger partial charge >= 0.3 is 0 Å². The predicted octanol–water partition coefficient (Wildman–Crippen LogP) is 4.54. The monoisotopic (exact) mass is 378 g/mol. The molecular formula is C23H26N2O3. The molecule has 0 bridgehead atoms. The third-order valence-electron chi connectivity index (χ3n) is 5.39. The number of hydrogen-bond acceptors (Lipinski definition) is 3. The van der Waals surface area contributed by atoms with Crippen LogP contribution in [-0.2, 0) is 0 Å². The Morgan fingerprint density at radius 2 is 1.46 bits per heavy atom. The van der Waals surface area contributed by atoms with Gasteiger partial charge in [0.15, 0.2) is 5.78 Å². The van der Waals surface area contributed by atoms with Gasteiger partial charge in [-0.15, -0.1) is 0 Å². The fraction of sp³-hybridized carbons (Fsp3) is 0.348. The number of para-hydroxylation sites is 1. The minimum atomic E-state index is -0.310. The molecule has 5 heteroatoms. The van der Waals surface area contributed by atoms with E-state index in [1.54, 1.807) is 42.5 Å². The molecule has 0 saturated carbocycles. The minimum absolute atomic E-state index is 0.0485. The first-order valence-electron chi connectivity index (χ1n) is 9.72. The third-order valence-corrected chi connectivity index (χ3v) is 5.39. The largest absolute Gasteiger partial charge is 0.333 e. The Balaban J connectivity index is 1.83. The van der Waals surface area contributed by atoms with Crippen molar-refractivity contribution in [2.24, 2.45) is 0 Å². The van der Waals surface area contributed by atoms with E-state index < -0.39 is 0 Å². The van der Waals surface area contributed by atoms with Gasteiger partial charge in [0.2, 0.25) is 0 Å². The Morgan fingerprint density at radius 3 is 2.07 bits per heavy atom. The molecule has 1 fully saturated rings. The lowest BCUT2D eigenvalue weighted by atomic mass is 9.96. The number of benzene rings is 2. The zero-order valence-electron chi connectivity index (χ0n) is 16.6. The summed E-state index contributed by atoms with van der Waals surface area (Å²) in [5.74, 6) is -0.412. The standard InChI is InChI=1S/C23H26N2O3/c1-15-7-6-8-16(2)25(15)23(28)20-9-4-5-10-21(20)24-22(27)19-13-11-18(12-14-19)17(3)26/h4-5,9-16H,6-8H2,1-3H3,(H,24,27). The topological polar surface area (TPSA) is 66.5 Å². The molecule has 3 rings (SSSR count). The molecule has 2 unspecified atom stereocenters. The molecule has 0 radical (unpaired) electrons. The van der Waals surface area contributed by atoms with Crippen LogP contribution in [0.4, 0.5) is 5.69 Å². The maximum atomic E-state index is 13.2. The second-order valence-electron chi connectivity index (χ2n) is 7.47. The lowest BCUT2D eigenvalue weighted by molar-refractivity contribution is 0.0511. The number of ketones is 1. The van der Waals surface area contributed by atoms with E-state index in [9.17, 15) is 14.4 Å². The number of nitrogens with one attached hydrogen (secondary N) is 1. The highest BCUT2D eigenvalue weighted by Gasteiger charge is 2.30. The van der Waals surface area contributed by atoms with Crippen LogP contribution in [0.15, 0.2) is 48.5 Å². The van der Waals surface area contributed by atoms with E-state index in [0.29, 0.717) is 22.4 Å². The summed E-state index contributed by atoms with van der Waals surface area (Å²) in [4.78, 5) is 39.2. The molecule has 1 aliphatic rings. The summed E-state index contributed by atoms with van der Waals surface area (Å²) >= 11 is 0. The van der Waals surface area contributed by atoms with Gasteiger partial charge in [-0.2, -0.15) is 0 Å². The van der Waals surface area contributed by atoms with Gasteiger partial charge in [0.05, 0.1) is 11.3 Å².